The van der Waals surface area contributed by atoms with Gasteiger partial charge in [0.2, 0.25) is 0 Å². The van der Waals surface area contributed by atoms with Crippen molar-refractivity contribution in [2.75, 3.05) is 19.7 Å². The lowest BCUT2D eigenvalue weighted by Crippen LogP contribution is -2.34. The van der Waals surface area contributed by atoms with Crippen molar-refractivity contribution in [3.63, 3.8) is 0 Å². The minimum absolute atomic E-state index is 0.136. The van der Waals surface area contributed by atoms with Gasteiger partial charge in [-0.1, -0.05) is 43.5 Å². The number of rotatable bonds is 9. The largest absolute Gasteiger partial charge is 0.389 e. The average Bonchev–Trinajstić information content (AvgIpc) is 2.71. The molecular formula is C23H29F2NO2. The molecule has 0 saturated heterocycles. The van der Waals surface area contributed by atoms with Crippen molar-refractivity contribution in [3.8, 4) is 0 Å². The maximum absolute atomic E-state index is 13.3. The highest BCUT2D eigenvalue weighted by Crippen LogP contribution is 2.27. The van der Waals surface area contributed by atoms with Crippen molar-refractivity contribution in [2.45, 2.75) is 44.3 Å². The molecule has 1 saturated carbocycles. The highest BCUT2D eigenvalue weighted by Gasteiger charge is 2.18. The van der Waals surface area contributed by atoms with E-state index in [9.17, 15) is 13.9 Å². The van der Waals surface area contributed by atoms with Gasteiger partial charge in [-0.3, -0.25) is 0 Å². The maximum atomic E-state index is 13.3. The molecule has 152 valence electrons. The Morgan fingerprint density at radius 2 is 1.43 bits per heavy atom. The molecule has 1 fully saturated rings. The number of hydrogen-bond donors (Lipinski definition) is 2. The van der Waals surface area contributed by atoms with E-state index in [1.54, 1.807) is 24.3 Å². The van der Waals surface area contributed by atoms with Crippen LogP contribution in [0.2, 0.25) is 0 Å². The number of ether oxygens (including phenoxy) is 1. The molecule has 1 atom stereocenters. The maximum Gasteiger partial charge on any atom is 0.123 e. The zero-order valence-corrected chi connectivity index (χ0v) is 16.1. The first kappa shape index (κ1) is 20.9. The van der Waals surface area contributed by atoms with Gasteiger partial charge in [0.1, 0.15) is 17.7 Å². The fourth-order valence-corrected chi connectivity index (χ4v) is 3.77. The van der Waals surface area contributed by atoms with Gasteiger partial charge in [0.25, 0.3) is 0 Å². The zero-order valence-electron chi connectivity index (χ0n) is 16.1. The average molecular weight is 389 g/mol. The van der Waals surface area contributed by atoms with Crippen LogP contribution in [0.5, 0.6) is 0 Å². The predicted molar refractivity (Wildman–Crippen MR) is 106 cm³/mol. The molecule has 1 aliphatic carbocycles. The van der Waals surface area contributed by atoms with Gasteiger partial charge in [0, 0.05) is 6.54 Å². The Hall–Kier alpha value is -1.82. The molecule has 0 heterocycles. The highest BCUT2D eigenvalue weighted by atomic mass is 19.1. The van der Waals surface area contributed by atoms with Gasteiger partial charge in [-0.15, -0.1) is 0 Å². The van der Waals surface area contributed by atoms with E-state index < -0.39 is 12.2 Å². The molecule has 2 aromatic carbocycles. The predicted octanol–water partition coefficient (Wildman–Crippen LogP) is 4.60. The Balaban J connectivity index is 1.54. The summed E-state index contributed by atoms with van der Waals surface area (Å²) in [5, 5.41) is 13.6. The van der Waals surface area contributed by atoms with Gasteiger partial charge in [-0.05, 0) is 60.7 Å². The smallest absolute Gasteiger partial charge is 0.123 e. The van der Waals surface area contributed by atoms with Crippen LogP contribution in [0.15, 0.2) is 48.5 Å². The van der Waals surface area contributed by atoms with E-state index >= 15 is 0 Å². The quantitative estimate of drug-likeness (QED) is 0.659. The van der Waals surface area contributed by atoms with E-state index in [-0.39, 0.29) is 18.2 Å². The van der Waals surface area contributed by atoms with Gasteiger partial charge >= 0.3 is 0 Å². The molecular weight excluding hydrogens is 360 g/mol. The number of nitrogens with one attached hydrogen (secondary N) is 1. The molecule has 3 nitrogen and oxygen atoms in total. The lowest BCUT2D eigenvalue weighted by molar-refractivity contribution is 0.00617. The summed E-state index contributed by atoms with van der Waals surface area (Å²) >= 11 is 0. The van der Waals surface area contributed by atoms with Crippen molar-refractivity contribution in [2.24, 2.45) is 5.92 Å². The van der Waals surface area contributed by atoms with Gasteiger partial charge in [0.05, 0.1) is 12.7 Å². The number of aliphatic hydroxyl groups excluding tert-OH is 1. The molecule has 0 bridgehead atoms. The zero-order chi connectivity index (χ0) is 19.8. The van der Waals surface area contributed by atoms with E-state index in [0.717, 1.165) is 17.7 Å². The molecule has 0 spiro atoms. The van der Waals surface area contributed by atoms with Gasteiger partial charge in [0.15, 0.2) is 0 Å². The van der Waals surface area contributed by atoms with Crippen LogP contribution < -0.4 is 5.32 Å². The molecule has 1 aliphatic rings. The second kappa shape index (κ2) is 10.6. The fourth-order valence-electron chi connectivity index (χ4n) is 3.77. The Morgan fingerprint density at radius 3 is 1.96 bits per heavy atom. The standard InChI is InChI=1S/C23H29F2NO2/c24-20-10-6-18(7-11-20)23(19-8-12-21(25)13-9-19)28-16-22(27)15-26-14-17-4-2-1-3-5-17/h6-13,17,22-23,26-27H,1-5,14-16H2/t22-/m0/s1. The Morgan fingerprint density at radius 1 is 0.893 bits per heavy atom. The minimum Gasteiger partial charge on any atom is -0.389 e. The highest BCUT2D eigenvalue weighted by molar-refractivity contribution is 5.30. The van der Waals surface area contributed by atoms with Gasteiger partial charge < -0.3 is 15.2 Å². The van der Waals surface area contributed by atoms with E-state index in [2.05, 4.69) is 5.32 Å². The Bertz CT molecular complexity index is 654. The first-order valence-electron chi connectivity index (χ1n) is 10.1. The SMILES string of the molecule is O[C@@H](CNCC1CCCCC1)COC(c1ccc(F)cc1)c1ccc(F)cc1. The third-order valence-electron chi connectivity index (χ3n) is 5.34. The van der Waals surface area contributed by atoms with Crippen LogP contribution in [0.3, 0.4) is 0 Å². The molecule has 0 aromatic heterocycles. The van der Waals surface area contributed by atoms with Crippen molar-refractivity contribution >= 4 is 0 Å². The van der Waals surface area contributed by atoms with Crippen LogP contribution in [-0.4, -0.2) is 30.9 Å². The summed E-state index contributed by atoms with van der Waals surface area (Å²) in [7, 11) is 0. The monoisotopic (exact) mass is 389 g/mol. The van der Waals surface area contributed by atoms with Gasteiger partial charge in [-0.2, -0.15) is 0 Å². The number of hydrogen-bond acceptors (Lipinski definition) is 3. The molecule has 0 amide bonds. The summed E-state index contributed by atoms with van der Waals surface area (Å²) in [6.45, 7) is 1.53. The van der Waals surface area contributed by atoms with Crippen LogP contribution in [-0.2, 0) is 4.74 Å². The lowest BCUT2D eigenvalue weighted by Gasteiger charge is -2.24. The third-order valence-corrected chi connectivity index (χ3v) is 5.34. The summed E-state index contributed by atoms with van der Waals surface area (Å²) in [6, 6.07) is 12.1. The molecule has 28 heavy (non-hydrogen) atoms. The number of benzene rings is 2. The van der Waals surface area contributed by atoms with Crippen molar-refractivity contribution in [1.82, 2.24) is 5.32 Å². The van der Waals surface area contributed by atoms with Crippen LogP contribution in [0, 0.1) is 17.6 Å². The fraction of sp³-hybridized carbons (Fsp3) is 0.478. The molecule has 0 radical (unpaired) electrons. The summed E-state index contributed by atoms with van der Waals surface area (Å²) in [5.74, 6) is 0.0511. The van der Waals surface area contributed by atoms with Crippen LogP contribution >= 0.6 is 0 Å². The van der Waals surface area contributed by atoms with E-state index in [0.29, 0.717) is 12.5 Å². The van der Waals surface area contributed by atoms with Gasteiger partial charge in [-0.25, -0.2) is 8.78 Å². The van der Waals surface area contributed by atoms with Crippen LogP contribution in [0.4, 0.5) is 8.78 Å². The number of aliphatic hydroxyl groups is 1. The van der Waals surface area contributed by atoms with Crippen molar-refractivity contribution < 1.29 is 18.6 Å². The first-order valence-corrected chi connectivity index (χ1v) is 10.1. The Labute approximate surface area is 165 Å². The molecule has 2 aromatic rings. The third kappa shape index (κ3) is 6.36. The minimum atomic E-state index is -0.646. The van der Waals surface area contributed by atoms with E-state index in [1.165, 1.54) is 56.4 Å². The second-order valence-corrected chi connectivity index (χ2v) is 7.63. The summed E-state index contributed by atoms with van der Waals surface area (Å²) < 4.78 is 32.5. The molecule has 0 aliphatic heterocycles. The topological polar surface area (TPSA) is 41.5 Å². The normalized spacial score (nSPS) is 16.4. The lowest BCUT2D eigenvalue weighted by atomic mass is 9.89. The van der Waals surface area contributed by atoms with E-state index in [4.69, 9.17) is 4.74 Å². The number of halogens is 2. The molecule has 5 heteroatoms. The summed E-state index contributed by atoms with van der Waals surface area (Å²) in [5.41, 5.74) is 1.52. The second-order valence-electron chi connectivity index (χ2n) is 7.63. The first-order chi connectivity index (χ1) is 13.6. The Kier molecular flexibility index (Phi) is 7.95. The summed E-state index contributed by atoms with van der Waals surface area (Å²) in [6.07, 6.45) is 5.32. The molecule has 0 unspecified atom stereocenters. The van der Waals surface area contributed by atoms with Crippen molar-refractivity contribution in [1.29, 1.82) is 0 Å². The summed E-state index contributed by atoms with van der Waals surface area (Å²) in [4.78, 5) is 0. The van der Waals surface area contributed by atoms with Crippen LogP contribution in [0.1, 0.15) is 49.3 Å². The van der Waals surface area contributed by atoms with Crippen molar-refractivity contribution in [3.05, 3.63) is 71.3 Å². The van der Waals surface area contributed by atoms with Crippen LogP contribution in [0.25, 0.3) is 0 Å². The molecule has 2 N–H and O–H groups in total. The van der Waals surface area contributed by atoms with E-state index in [1.807, 2.05) is 0 Å². The molecule has 3 rings (SSSR count).